The first kappa shape index (κ1) is 15.2. The summed E-state index contributed by atoms with van der Waals surface area (Å²) >= 11 is 0. The zero-order chi connectivity index (χ0) is 15.4. The SMILES string of the molecule is CC1CCN(CCCNc2ncnc3c(F)cccc23)CC1. The average molecular weight is 302 g/mol. The Labute approximate surface area is 130 Å². The van der Waals surface area contributed by atoms with Crippen molar-refractivity contribution in [2.45, 2.75) is 26.2 Å². The summed E-state index contributed by atoms with van der Waals surface area (Å²) in [6.45, 7) is 6.70. The molecule has 0 radical (unpaired) electrons. The number of likely N-dealkylation sites (tertiary alicyclic amines) is 1. The highest BCUT2D eigenvalue weighted by Crippen LogP contribution is 2.21. The molecule has 1 aromatic carbocycles. The van der Waals surface area contributed by atoms with Crippen LogP contribution in [0.3, 0.4) is 0 Å². The van der Waals surface area contributed by atoms with Crippen LogP contribution in [0.25, 0.3) is 10.9 Å². The second-order valence-electron chi connectivity index (χ2n) is 6.16. The number of fused-ring (bicyclic) bond motifs is 1. The Bertz CT molecular complexity index is 623. The molecule has 22 heavy (non-hydrogen) atoms. The minimum atomic E-state index is -0.301. The molecule has 2 heterocycles. The van der Waals surface area contributed by atoms with Gasteiger partial charge in [0.15, 0.2) is 0 Å². The standard InChI is InChI=1S/C17H23FN4/c1-13-6-10-22(11-7-13)9-3-8-19-17-14-4-2-5-15(18)16(14)20-12-21-17/h2,4-5,12-13H,3,6-11H2,1H3,(H,19,20,21). The molecule has 118 valence electrons. The Morgan fingerprint density at radius 2 is 2.09 bits per heavy atom. The maximum atomic E-state index is 13.7. The second kappa shape index (κ2) is 7.01. The van der Waals surface area contributed by atoms with E-state index >= 15 is 0 Å². The Morgan fingerprint density at radius 1 is 1.27 bits per heavy atom. The predicted octanol–water partition coefficient (Wildman–Crippen LogP) is 3.30. The van der Waals surface area contributed by atoms with Gasteiger partial charge < -0.3 is 10.2 Å². The third-order valence-electron chi connectivity index (χ3n) is 4.44. The van der Waals surface area contributed by atoms with E-state index < -0.39 is 0 Å². The number of para-hydroxylation sites is 1. The summed E-state index contributed by atoms with van der Waals surface area (Å²) in [5.74, 6) is 1.29. The number of benzene rings is 1. The quantitative estimate of drug-likeness (QED) is 0.860. The van der Waals surface area contributed by atoms with Crippen LogP contribution in [0, 0.1) is 11.7 Å². The van der Waals surface area contributed by atoms with Crippen molar-refractivity contribution < 1.29 is 4.39 Å². The van der Waals surface area contributed by atoms with Crippen LogP contribution in [-0.4, -0.2) is 41.0 Å². The molecule has 3 rings (SSSR count). The number of hydrogen-bond acceptors (Lipinski definition) is 4. The summed E-state index contributed by atoms with van der Waals surface area (Å²) in [5.41, 5.74) is 0.380. The molecule has 0 saturated carbocycles. The Kier molecular flexibility index (Phi) is 4.83. The molecule has 1 saturated heterocycles. The topological polar surface area (TPSA) is 41.0 Å². The maximum Gasteiger partial charge on any atom is 0.149 e. The van der Waals surface area contributed by atoms with Gasteiger partial charge in [0.05, 0.1) is 0 Å². The summed E-state index contributed by atoms with van der Waals surface area (Å²) in [7, 11) is 0. The third kappa shape index (κ3) is 3.53. The van der Waals surface area contributed by atoms with Crippen LogP contribution in [0.2, 0.25) is 0 Å². The van der Waals surface area contributed by atoms with Crippen LogP contribution in [0.15, 0.2) is 24.5 Å². The number of anilines is 1. The smallest absolute Gasteiger partial charge is 0.149 e. The number of hydrogen-bond donors (Lipinski definition) is 1. The number of nitrogens with one attached hydrogen (secondary N) is 1. The monoisotopic (exact) mass is 302 g/mol. The summed E-state index contributed by atoms with van der Waals surface area (Å²) < 4.78 is 13.7. The van der Waals surface area contributed by atoms with Crippen molar-refractivity contribution in [1.29, 1.82) is 0 Å². The van der Waals surface area contributed by atoms with Crippen molar-refractivity contribution in [2.75, 3.05) is 31.5 Å². The Balaban J connectivity index is 1.53. The molecule has 0 atom stereocenters. The van der Waals surface area contributed by atoms with E-state index in [-0.39, 0.29) is 5.82 Å². The lowest BCUT2D eigenvalue weighted by Gasteiger charge is -2.30. The van der Waals surface area contributed by atoms with Crippen LogP contribution in [0.5, 0.6) is 0 Å². The van der Waals surface area contributed by atoms with Gasteiger partial charge >= 0.3 is 0 Å². The normalized spacial score (nSPS) is 17.0. The fourth-order valence-electron chi connectivity index (χ4n) is 2.99. The largest absolute Gasteiger partial charge is 0.369 e. The van der Waals surface area contributed by atoms with Gasteiger partial charge in [-0.15, -0.1) is 0 Å². The van der Waals surface area contributed by atoms with Crippen LogP contribution in [0.1, 0.15) is 26.2 Å². The van der Waals surface area contributed by atoms with Crippen molar-refractivity contribution in [3.05, 3.63) is 30.3 Å². The molecule has 0 bridgehead atoms. The predicted molar refractivity (Wildman–Crippen MR) is 87.4 cm³/mol. The molecule has 1 fully saturated rings. The number of rotatable bonds is 5. The Hall–Kier alpha value is -1.75. The van der Waals surface area contributed by atoms with Crippen molar-refractivity contribution in [3.63, 3.8) is 0 Å². The molecule has 1 aliphatic rings. The highest BCUT2D eigenvalue weighted by Gasteiger charge is 2.14. The van der Waals surface area contributed by atoms with Gasteiger partial charge in [0, 0.05) is 11.9 Å². The average Bonchev–Trinajstić information content (AvgIpc) is 2.54. The van der Waals surface area contributed by atoms with Gasteiger partial charge in [-0.3, -0.25) is 0 Å². The highest BCUT2D eigenvalue weighted by atomic mass is 19.1. The summed E-state index contributed by atoms with van der Waals surface area (Å²) in [6.07, 6.45) is 5.10. The maximum absolute atomic E-state index is 13.7. The molecular formula is C17H23FN4. The lowest BCUT2D eigenvalue weighted by Crippen LogP contribution is -2.34. The number of halogens is 1. The molecule has 0 aliphatic carbocycles. The van der Waals surface area contributed by atoms with Crippen molar-refractivity contribution in [2.24, 2.45) is 5.92 Å². The zero-order valence-electron chi connectivity index (χ0n) is 13.1. The Morgan fingerprint density at radius 3 is 2.91 bits per heavy atom. The van der Waals surface area contributed by atoms with E-state index in [0.717, 1.165) is 36.6 Å². The van der Waals surface area contributed by atoms with E-state index in [9.17, 15) is 4.39 Å². The van der Waals surface area contributed by atoms with Gasteiger partial charge in [0.2, 0.25) is 0 Å². The lowest BCUT2D eigenvalue weighted by atomic mass is 9.99. The number of piperidine rings is 1. The highest BCUT2D eigenvalue weighted by molar-refractivity contribution is 5.89. The van der Waals surface area contributed by atoms with Crippen molar-refractivity contribution in [3.8, 4) is 0 Å². The number of nitrogens with zero attached hydrogens (tertiary/aromatic N) is 3. The van der Waals surface area contributed by atoms with Gasteiger partial charge in [-0.25, -0.2) is 14.4 Å². The zero-order valence-corrected chi connectivity index (χ0v) is 13.1. The fraction of sp³-hybridized carbons (Fsp3) is 0.529. The molecule has 1 N–H and O–H groups in total. The van der Waals surface area contributed by atoms with Crippen molar-refractivity contribution >= 4 is 16.7 Å². The van der Waals surface area contributed by atoms with Gasteiger partial charge in [-0.2, -0.15) is 0 Å². The first-order valence-electron chi connectivity index (χ1n) is 8.09. The molecular weight excluding hydrogens is 279 g/mol. The van der Waals surface area contributed by atoms with Crippen LogP contribution >= 0.6 is 0 Å². The molecule has 4 nitrogen and oxygen atoms in total. The summed E-state index contributed by atoms with van der Waals surface area (Å²) in [6, 6.07) is 4.98. The van der Waals surface area contributed by atoms with Gasteiger partial charge in [-0.05, 0) is 56.9 Å². The van der Waals surface area contributed by atoms with E-state index in [0.29, 0.717) is 5.52 Å². The first-order valence-corrected chi connectivity index (χ1v) is 8.09. The van der Waals surface area contributed by atoms with E-state index in [4.69, 9.17) is 0 Å². The summed E-state index contributed by atoms with van der Waals surface area (Å²) in [5, 5.41) is 4.06. The van der Waals surface area contributed by atoms with E-state index in [2.05, 4.69) is 27.1 Å². The van der Waals surface area contributed by atoms with Crippen LogP contribution in [0.4, 0.5) is 10.2 Å². The third-order valence-corrected chi connectivity index (χ3v) is 4.44. The van der Waals surface area contributed by atoms with Crippen LogP contribution < -0.4 is 5.32 Å². The first-order chi connectivity index (χ1) is 10.7. The van der Waals surface area contributed by atoms with E-state index in [1.165, 1.54) is 38.3 Å². The fourth-order valence-corrected chi connectivity index (χ4v) is 2.99. The van der Waals surface area contributed by atoms with E-state index in [1.54, 1.807) is 6.07 Å². The van der Waals surface area contributed by atoms with Gasteiger partial charge in [-0.1, -0.05) is 13.0 Å². The lowest BCUT2D eigenvalue weighted by molar-refractivity contribution is 0.192. The van der Waals surface area contributed by atoms with Crippen LogP contribution in [-0.2, 0) is 0 Å². The van der Waals surface area contributed by atoms with Gasteiger partial charge in [0.1, 0.15) is 23.5 Å². The molecule has 1 aromatic heterocycles. The molecule has 2 aromatic rings. The van der Waals surface area contributed by atoms with Crippen molar-refractivity contribution in [1.82, 2.24) is 14.9 Å². The van der Waals surface area contributed by atoms with Gasteiger partial charge in [0.25, 0.3) is 0 Å². The second-order valence-corrected chi connectivity index (χ2v) is 6.16. The minimum absolute atomic E-state index is 0.301. The molecule has 1 aliphatic heterocycles. The summed E-state index contributed by atoms with van der Waals surface area (Å²) in [4.78, 5) is 10.8. The molecule has 0 spiro atoms. The number of aromatic nitrogens is 2. The minimum Gasteiger partial charge on any atom is -0.369 e. The molecule has 0 amide bonds. The van der Waals surface area contributed by atoms with E-state index in [1.807, 2.05) is 6.07 Å². The molecule has 0 unspecified atom stereocenters. The molecule has 5 heteroatoms.